The summed E-state index contributed by atoms with van der Waals surface area (Å²) in [6, 6.07) is 15.9. The molecule has 1 aliphatic carbocycles. The molecule has 5 nitrogen and oxygen atoms in total. The highest BCUT2D eigenvalue weighted by Crippen LogP contribution is 2.29. The Morgan fingerprint density at radius 1 is 1.04 bits per heavy atom. The Labute approximate surface area is 158 Å². The lowest BCUT2D eigenvalue weighted by Crippen LogP contribution is -2.32. The van der Waals surface area contributed by atoms with Gasteiger partial charge in [-0.25, -0.2) is 0 Å². The number of hydrogen-bond donors (Lipinski definition) is 1. The third-order valence-electron chi connectivity index (χ3n) is 5.13. The van der Waals surface area contributed by atoms with Crippen molar-refractivity contribution in [3.8, 4) is 0 Å². The van der Waals surface area contributed by atoms with E-state index in [-0.39, 0.29) is 17.7 Å². The molecule has 1 aromatic heterocycles. The Hall–Kier alpha value is -3.21. The van der Waals surface area contributed by atoms with Crippen molar-refractivity contribution >= 4 is 11.7 Å². The zero-order chi connectivity index (χ0) is 18.8. The maximum atomic E-state index is 13.0. The molecule has 0 saturated heterocycles. The number of nitrogens with one attached hydrogen (secondary N) is 1. The molecule has 0 saturated carbocycles. The topological polar surface area (TPSA) is 64.0 Å². The van der Waals surface area contributed by atoms with Gasteiger partial charge in [-0.05, 0) is 25.3 Å². The summed E-state index contributed by atoms with van der Waals surface area (Å²) < 4.78 is 1.88. The number of fused-ring (bicyclic) bond motifs is 1. The molecule has 27 heavy (non-hydrogen) atoms. The minimum Gasteiger partial charge on any atom is -0.345 e. The van der Waals surface area contributed by atoms with E-state index in [1.54, 1.807) is 36.4 Å². The Bertz CT molecular complexity index is 992. The summed E-state index contributed by atoms with van der Waals surface area (Å²) in [7, 11) is 1.93. The first-order chi connectivity index (χ1) is 13.1. The fraction of sp³-hybridized carbons (Fsp3) is 0.227. The van der Waals surface area contributed by atoms with Crippen LogP contribution < -0.4 is 5.32 Å². The maximum Gasteiger partial charge on any atom is 0.252 e. The van der Waals surface area contributed by atoms with Gasteiger partial charge >= 0.3 is 0 Å². The first-order valence-electron chi connectivity index (χ1n) is 9.15. The summed E-state index contributed by atoms with van der Waals surface area (Å²) in [6.45, 7) is 0. The second-order valence-electron chi connectivity index (χ2n) is 6.83. The molecule has 3 aromatic rings. The Balaban J connectivity index is 1.61. The van der Waals surface area contributed by atoms with Crippen molar-refractivity contribution in [3.63, 3.8) is 0 Å². The molecule has 1 unspecified atom stereocenters. The smallest absolute Gasteiger partial charge is 0.252 e. The van der Waals surface area contributed by atoms with Gasteiger partial charge in [0.05, 0.1) is 17.8 Å². The minimum atomic E-state index is -0.225. The van der Waals surface area contributed by atoms with E-state index in [2.05, 4.69) is 10.4 Å². The van der Waals surface area contributed by atoms with Crippen molar-refractivity contribution < 1.29 is 9.59 Å². The number of aryl methyl sites for hydroxylation is 1. The van der Waals surface area contributed by atoms with Crippen LogP contribution in [0.3, 0.4) is 0 Å². The first-order valence-corrected chi connectivity index (χ1v) is 9.15. The number of hydrogen-bond acceptors (Lipinski definition) is 3. The van der Waals surface area contributed by atoms with Crippen LogP contribution >= 0.6 is 0 Å². The van der Waals surface area contributed by atoms with Crippen molar-refractivity contribution in [2.75, 3.05) is 0 Å². The van der Waals surface area contributed by atoms with Crippen molar-refractivity contribution in [2.45, 2.75) is 25.3 Å². The van der Waals surface area contributed by atoms with Crippen LogP contribution in [-0.2, 0) is 13.5 Å². The standard InChI is InChI=1S/C22H21N3O2/c1-25-20-13-7-12-19(18(20)14-23-25)24-22(27)17-11-6-5-10-16(17)21(26)15-8-3-2-4-9-15/h2-6,8-11,14,19H,7,12-13H2,1H3,(H,24,27). The van der Waals surface area contributed by atoms with Gasteiger partial charge in [-0.3, -0.25) is 14.3 Å². The van der Waals surface area contributed by atoms with Crippen molar-refractivity contribution in [2.24, 2.45) is 7.05 Å². The van der Waals surface area contributed by atoms with Crippen LogP contribution in [0.25, 0.3) is 0 Å². The largest absolute Gasteiger partial charge is 0.345 e. The van der Waals surface area contributed by atoms with Gasteiger partial charge in [0.25, 0.3) is 5.91 Å². The highest BCUT2D eigenvalue weighted by molar-refractivity contribution is 6.15. The molecule has 0 fully saturated rings. The molecule has 0 aliphatic heterocycles. The van der Waals surface area contributed by atoms with Gasteiger partial charge in [0.15, 0.2) is 5.78 Å². The fourth-order valence-electron chi connectivity index (χ4n) is 3.72. The molecular formula is C22H21N3O2. The molecule has 4 rings (SSSR count). The van der Waals surface area contributed by atoms with Gasteiger partial charge in [-0.15, -0.1) is 0 Å². The lowest BCUT2D eigenvalue weighted by Gasteiger charge is -2.24. The van der Waals surface area contributed by atoms with E-state index in [4.69, 9.17) is 0 Å². The lowest BCUT2D eigenvalue weighted by atomic mass is 9.92. The number of amides is 1. The van der Waals surface area contributed by atoms with Crippen molar-refractivity contribution in [1.82, 2.24) is 15.1 Å². The second kappa shape index (κ2) is 7.19. The molecule has 136 valence electrons. The van der Waals surface area contributed by atoms with E-state index in [0.717, 1.165) is 24.8 Å². The summed E-state index contributed by atoms with van der Waals surface area (Å²) in [6.07, 6.45) is 4.68. The molecule has 5 heteroatoms. The summed E-state index contributed by atoms with van der Waals surface area (Å²) in [5.74, 6) is -0.372. The summed E-state index contributed by atoms with van der Waals surface area (Å²) in [5.41, 5.74) is 3.64. The van der Waals surface area contributed by atoms with Crippen LogP contribution in [0.1, 0.15) is 56.4 Å². The maximum absolute atomic E-state index is 13.0. The molecule has 1 atom stereocenters. The van der Waals surface area contributed by atoms with Crippen LogP contribution in [-0.4, -0.2) is 21.5 Å². The zero-order valence-electron chi connectivity index (χ0n) is 15.2. The van der Waals surface area contributed by atoms with Gasteiger partial charge in [0.2, 0.25) is 0 Å². The van der Waals surface area contributed by atoms with Gasteiger partial charge in [0, 0.05) is 29.4 Å². The monoisotopic (exact) mass is 359 g/mol. The zero-order valence-corrected chi connectivity index (χ0v) is 15.2. The van der Waals surface area contributed by atoms with Crippen LogP contribution in [0.4, 0.5) is 0 Å². The SMILES string of the molecule is Cn1ncc2c1CCCC2NC(=O)c1ccccc1C(=O)c1ccccc1. The predicted octanol–water partition coefficient (Wildman–Crippen LogP) is 3.46. The van der Waals surface area contributed by atoms with Crippen LogP contribution in [0, 0.1) is 0 Å². The van der Waals surface area contributed by atoms with Crippen LogP contribution in [0.5, 0.6) is 0 Å². The van der Waals surface area contributed by atoms with Crippen molar-refractivity contribution in [1.29, 1.82) is 0 Å². The molecular weight excluding hydrogens is 338 g/mol. The normalized spacial score (nSPS) is 15.8. The third-order valence-corrected chi connectivity index (χ3v) is 5.13. The average molecular weight is 359 g/mol. The number of rotatable bonds is 4. The number of carbonyl (C=O) groups excluding carboxylic acids is 2. The van der Waals surface area contributed by atoms with Crippen molar-refractivity contribution in [3.05, 3.63) is 88.7 Å². The predicted molar refractivity (Wildman–Crippen MR) is 103 cm³/mol. The number of aromatic nitrogens is 2. The van der Waals surface area contributed by atoms with Gasteiger partial charge in [0.1, 0.15) is 0 Å². The number of nitrogens with zero attached hydrogens (tertiary/aromatic N) is 2. The number of ketones is 1. The Morgan fingerprint density at radius 2 is 1.74 bits per heavy atom. The van der Waals surface area contributed by atoms with E-state index in [1.807, 2.05) is 36.1 Å². The highest BCUT2D eigenvalue weighted by Gasteiger charge is 2.26. The molecule has 1 heterocycles. The highest BCUT2D eigenvalue weighted by atomic mass is 16.2. The summed E-state index contributed by atoms with van der Waals surface area (Å²) in [4.78, 5) is 25.9. The molecule has 1 N–H and O–H groups in total. The first kappa shape index (κ1) is 17.2. The molecule has 2 aromatic carbocycles. The van der Waals surface area contributed by atoms with Gasteiger partial charge in [-0.2, -0.15) is 5.10 Å². The van der Waals surface area contributed by atoms with E-state index < -0.39 is 0 Å². The Morgan fingerprint density at radius 3 is 2.52 bits per heavy atom. The van der Waals surface area contributed by atoms with Gasteiger partial charge < -0.3 is 5.32 Å². The summed E-state index contributed by atoms with van der Waals surface area (Å²) in [5, 5.41) is 7.43. The van der Waals surface area contributed by atoms with Crippen LogP contribution in [0.15, 0.2) is 60.8 Å². The molecule has 0 bridgehead atoms. The molecule has 0 spiro atoms. The lowest BCUT2D eigenvalue weighted by molar-refractivity contribution is 0.0923. The molecule has 1 amide bonds. The fourth-order valence-corrected chi connectivity index (χ4v) is 3.72. The second-order valence-corrected chi connectivity index (χ2v) is 6.83. The van der Waals surface area contributed by atoms with Gasteiger partial charge in [-0.1, -0.05) is 48.5 Å². The molecule has 0 radical (unpaired) electrons. The Kier molecular flexibility index (Phi) is 4.59. The number of carbonyl (C=O) groups is 2. The van der Waals surface area contributed by atoms with E-state index in [1.165, 1.54) is 5.69 Å². The van der Waals surface area contributed by atoms with E-state index >= 15 is 0 Å². The van der Waals surface area contributed by atoms with Crippen LogP contribution in [0.2, 0.25) is 0 Å². The van der Waals surface area contributed by atoms with E-state index in [9.17, 15) is 9.59 Å². The quantitative estimate of drug-likeness (QED) is 0.726. The summed E-state index contributed by atoms with van der Waals surface area (Å²) >= 11 is 0. The van der Waals surface area contributed by atoms with E-state index in [0.29, 0.717) is 16.7 Å². The minimum absolute atomic E-state index is 0.0742. The number of benzene rings is 2. The molecule has 1 aliphatic rings. The third kappa shape index (κ3) is 3.28. The average Bonchev–Trinajstić information content (AvgIpc) is 3.10.